The summed E-state index contributed by atoms with van der Waals surface area (Å²) in [6.07, 6.45) is 0.582. The molecule has 0 aliphatic rings. The Morgan fingerprint density at radius 3 is 2.67 bits per heavy atom. The van der Waals surface area contributed by atoms with E-state index in [4.69, 9.17) is 4.74 Å². The van der Waals surface area contributed by atoms with Gasteiger partial charge < -0.3 is 10.1 Å². The second-order valence-corrected chi connectivity index (χ2v) is 3.33. The van der Waals surface area contributed by atoms with E-state index in [2.05, 4.69) is 5.32 Å². The summed E-state index contributed by atoms with van der Waals surface area (Å²) in [5.74, 6) is 0. The van der Waals surface area contributed by atoms with Crippen molar-refractivity contribution in [1.29, 1.82) is 0 Å². The molecular formula is C12H18FNO. The molecule has 1 rings (SSSR count). The van der Waals surface area contributed by atoms with E-state index >= 15 is 0 Å². The molecule has 0 fully saturated rings. The first-order valence-corrected chi connectivity index (χ1v) is 5.32. The number of rotatable bonds is 8. The molecule has 0 aromatic heterocycles. The molecule has 0 unspecified atom stereocenters. The molecule has 0 radical (unpaired) electrons. The van der Waals surface area contributed by atoms with Gasteiger partial charge in [-0.1, -0.05) is 30.3 Å². The molecule has 3 heteroatoms. The van der Waals surface area contributed by atoms with Gasteiger partial charge in [-0.2, -0.15) is 0 Å². The monoisotopic (exact) mass is 211 g/mol. The summed E-state index contributed by atoms with van der Waals surface area (Å²) in [6, 6.07) is 10.1. The van der Waals surface area contributed by atoms with E-state index in [9.17, 15) is 4.39 Å². The molecule has 1 aromatic rings. The second kappa shape index (κ2) is 8.38. The van der Waals surface area contributed by atoms with E-state index in [1.165, 1.54) is 5.56 Å². The Morgan fingerprint density at radius 1 is 1.13 bits per heavy atom. The maximum atomic E-state index is 11.7. The molecule has 2 nitrogen and oxygen atoms in total. The van der Waals surface area contributed by atoms with Crippen molar-refractivity contribution in [3.63, 3.8) is 0 Å². The van der Waals surface area contributed by atoms with Gasteiger partial charge in [-0.25, -0.2) is 0 Å². The molecule has 0 spiro atoms. The summed E-state index contributed by atoms with van der Waals surface area (Å²) in [5.41, 5.74) is 1.18. The minimum absolute atomic E-state index is 0.252. The third-order valence-electron chi connectivity index (χ3n) is 2.02. The molecule has 0 aliphatic carbocycles. The largest absolute Gasteiger partial charge is 0.375 e. The van der Waals surface area contributed by atoms with Crippen LogP contribution < -0.4 is 5.32 Å². The zero-order chi connectivity index (χ0) is 10.8. The van der Waals surface area contributed by atoms with Crippen LogP contribution in [0.2, 0.25) is 0 Å². The normalized spacial score (nSPS) is 10.5. The number of benzene rings is 1. The lowest BCUT2D eigenvalue weighted by atomic mass is 10.2. The Kier molecular flexibility index (Phi) is 6.79. The molecule has 1 aromatic carbocycles. The van der Waals surface area contributed by atoms with Gasteiger partial charge >= 0.3 is 0 Å². The number of hydrogen-bond donors (Lipinski definition) is 1. The maximum Gasteiger partial charge on any atom is 0.0906 e. The molecule has 0 atom stereocenters. The highest BCUT2D eigenvalue weighted by Gasteiger charge is 1.91. The average molecular weight is 211 g/mol. The summed E-state index contributed by atoms with van der Waals surface area (Å²) in [4.78, 5) is 0. The van der Waals surface area contributed by atoms with Gasteiger partial charge in [0.25, 0.3) is 0 Å². The van der Waals surface area contributed by atoms with Gasteiger partial charge in [-0.15, -0.1) is 0 Å². The van der Waals surface area contributed by atoms with Crippen LogP contribution >= 0.6 is 0 Å². The van der Waals surface area contributed by atoms with Gasteiger partial charge in [0.1, 0.15) is 0 Å². The molecule has 0 amide bonds. The number of halogens is 1. The predicted molar refractivity (Wildman–Crippen MR) is 59.6 cm³/mol. The number of hydrogen-bond acceptors (Lipinski definition) is 2. The fourth-order valence-corrected chi connectivity index (χ4v) is 1.23. The van der Waals surface area contributed by atoms with Crippen LogP contribution in [0.3, 0.4) is 0 Å². The van der Waals surface area contributed by atoms with E-state index in [0.29, 0.717) is 19.6 Å². The SMILES string of the molecule is FCCCNCCOCc1ccccc1. The first-order valence-electron chi connectivity index (χ1n) is 5.32. The minimum Gasteiger partial charge on any atom is -0.375 e. The number of nitrogens with one attached hydrogen (secondary N) is 1. The van der Waals surface area contributed by atoms with Crippen molar-refractivity contribution in [3.05, 3.63) is 35.9 Å². The highest BCUT2D eigenvalue weighted by atomic mass is 19.1. The van der Waals surface area contributed by atoms with Crippen molar-refractivity contribution in [1.82, 2.24) is 5.32 Å². The van der Waals surface area contributed by atoms with Crippen LogP contribution in [0.4, 0.5) is 4.39 Å². The Morgan fingerprint density at radius 2 is 1.93 bits per heavy atom. The Hall–Kier alpha value is -0.930. The van der Waals surface area contributed by atoms with E-state index < -0.39 is 0 Å². The summed E-state index contributed by atoms with van der Waals surface area (Å²) >= 11 is 0. The smallest absolute Gasteiger partial charge is 0.0906 e. The van der Waals surface area contributed by atoms with Crippen LogP contribution in [0.5, 0.6) is 0 Å². The van der Waals surface area contributed by atoms with E-state index in [1.807, 2.05) is 30.3 Å². The summed E-state index contributed by atoms with van der Waals surface area (Å²) in [6.45, 7) is 2.57. The Labute approximate surface area is 90.4 Å². The molecule has 0 aliphatic heterocycles. The van der Waals surface area contributed by atoms with Crippen molar-refractivity contribution in [2.45, 2.75) is 13.0 Å². The van der Waals surface area contributed by atoms with E-state index in [0.717, 1.165) is 13.1 Å². The lowest BCUT2D eigenvalue weighted by Gasteiger charge is -2.05. The zero-order valence-electron chi connectivity index (χ0n) is 8.92. The molecule has 1 N–H and O–H groups in total. The van der Waals surface area contributed by atoms with Gasteiger partial charge in [-0.05, 0) is 18.5 Å². The standard InChI is InChI=1S/C12H18FNO/c13-7-4-8-14-9-10-15-11-12-5-2-1-3-6-12/h1-3,5-6,14H,4,7-11H2. The van der Waals surface area contributed by atoms with Crippen molar-refractivity contribution >= 4 is 0 Å². The number of ether oxygens (including phenoxy) is 1. The van der Waals surface area contributed by atoms with Crippen LogP contribution in [-0.2, 0) is 11.3 Å². The van der Waals surface area contributed by atoms with Gasteiger partial charge in [0.05, 0.1) is 19.9 Å². The van der Waals surface area contributed by atoms with Gasteiger partial charge in [0, 0.05) is 6.54 Å². The third kappa shape index (κ3) is 6.20. The van der Waals surface area contributed by atoms with Gasteiger partial charge in [0.2, 0.25) is 0 Å². The fourth-order valence-electron chi connectivity index (χ4n) is 1.23. The first-order chi connectivity index (χ1) is 7.43. The van der Waals surface area contributed by atoms with Crippen LogP contribution in [0.25, 0.3) is 0 Å². The van der Waals surface area contributed by atoms with Crippen molar-refractivity contribution < 1.29 is 9.13 Å². The van der Waals surface area contributed by atoms with Gasteiger partial charge in [-0.3, -0.25) is 4.39 Å². The van der Waals surface area contributed by atoms with Crippen LogP contribution in [0.15, 0.2) is 30.3 Å². The summed E-state index contributed by atoms with van der Waals surface area (Å²) in [7, 11) is 0. The van der Waals surface area contributed by atoms with E-state index in [1.54, 1.807) is 0 Å². The topological polar surface area (TPSA) is 21.3 Å². The summed E-state index contributed by atoms with van der Waals surface area (Å²) in [5, 5.41) is 3.11. The van der Waals surface area contributed by atoms with Crippen molar-refractivity contribution in [2.24, 2.45) is 0 Å². The molecule has 0 bridgehead atoms. The van der Waals surface area contributed by atoms with Crippen molar-refractivity contribution in [3.8, 4) is 0 Å². The van der Waals surface area contributed by atoms with Crippen LogP contribution in [0.1, 0.15) is 12.0 Å². The maximum absolute atomic E-state index is 11.7. The first kappa shape index (κ1) is 12.1. The lowest BCUT2D eigenvalue weighted by Crippen LogP contribution is -2.21. The van der Waals surface area contributed by atoms with Crippen molar-refractivity contribution in [2.75, 3.05) is 26.4 Å². The second-order valence-electron chi connectivity index (χ2n) is 3.33. The predicted octanol–water partition coefficient (Wildman–Crippen LogP) is 2.15. The quantitative estimate of drug-likeness (QED) is 0.665. The minimum atomic E-state index is -0.252. The molecule has 84 valence electrons. The molecule has 15 heavy (non-hydrogen) atoms. The highest BCUT2D eigenvalue weighted by Crippen LogP contribution is 1.99. The number of alkyl halides is 1. The van der Waals surface area contributed by atoms with E-state index in [-0.39, 0.29) is 6.67 Å². The third-order valence-corrected chi connectivity index (χ3v) is 2.02. The lowest BCUT2D eigenvalue weighted by molar-refractivity contribution is 0.122. The van der Waals surface area contributed by atoms with Crippen LogP contribution in [-0.4, -0.2) is 26.4 Å². The van der Waals surface area contributed by atoms with Gasteiger partial charge in [0.15, 0.2) is 0 Å². The molecule has 0 heterocycles. The molecule has 0 saturated heterocycles. The Balaban J connectivity index is 1.93. The van der Waals surface area contributed by atoms with Crippen LogP contribution in [0, 0.1) is 0 Å². The molecule has 0 saturated carbocycles. The summed E-state index contributed by atoms with van der Waals surface area (Å²) < 4.78 is 17.2. The zero-order valence-corrected chi connectivity index (χ0v) is 8.92. The fraction of sp³-hybridized carbons (Fsp3) is 0.500. The highest BCUT2D eigenvalue weighted by molar-refractivity contribution is 5.13. The molecular weight excluding hydrogens is 193 g/mol. The Bertz CT molecular complexity index is 241. The average Bonchev–Trinajstić information content (AvgIpc) is 2.29.